The van der Waals surface area contributed by atoms with Crippen LogP contribution in [0.1, 0.15) is 33.1 Å². The van der Waals surface area contributed by atoms with Gasteiger partial charge in [-0.25, -0.2) is 0 Å². The van der Waals surface area contributed by atoms with Crippen molar-refractivity contribution in [1.29, 1.82) is 0 Å². The lowest BCUT2D eigenvalue weighted by Gasteiger charge is -2.34. The second kappa shape index (κ2) is 8.04. The minimum absolute atomic E-state index is 0.879. The van der Waals surface area contributed by atoms with E-state index >= 15 is 0 Å². The molecule has 0 unspecified atom stereocenters. The molecule has 0 aromatic rings. The molecule has 0 atom stereocenters. The average molecular weight is 227 g/mol. The Balaban J connectivity index is 1.90. The van der Waals surface area contributed by atoms with Gasteiger partial charge in [0.15, 0.2) is 0 Å². The van der Waals surface area contributed by atoms with Crippen LogP contribution in [0.3, 0.4) is 0 Å². The fourth-order valence-corrected chi connectivity index (χ4v) is 2.17. The predicted molar refractivity (Wildman–Crippen MR) is 70.9 cm³/mol. The molecule has 1 saturated carbocycles. The Bertz CT molecular complexity index is 165. The van der Waals surface area contributed by atoms with Crippen molar-refractivity contribution in [2.24, 2.45) is 0 Å². The summed E-state index contributed by atoms with van der Waals surface area (Å²) in [4.78, 5) is 4.97. The van der Waals surface area contributed by atoms with Crippen molar-refractivity contribution < 1.29 is 0 Å². The lowest BCUT2D eigenvalue weighted by Crippen LogP contribution is -2.41. The maximum atomic E-state index is 3.54. The van der Waals surface area contributed by atoms with E-state index in [0.29, 0.717) is 0 Å². The van der Waals surface area contributed by atoms with Crippen LogP contribution < -0.4 is 5.32 Å². The maximum Gasteiger partial charge on any atom is 0.0107 e. The molecule has 0 amide bonds. The molecule has 0 aromatic heterocycles. The van der Waals surface area contributed by atoms with E-state index in [2.05, 4.69) is 36.0 Å². The summed E-state index contributed by atoms with van der Waals surface area (Å²) >= 11 is 0. The molecule has 1 fully saturated rings. The molecule has 1 rings (SSSR count). The van der Waals surface area contributed by atoms with E-state index < -0.39 is 0 Å². The van der Waals surface area contributed by atoms with E-state index in [1.54, 1.807) is 0 Å². The third-order valence-electron chi connectivity index (χ3n) is 3.84. The third kappa shape index (κ3) is 4.81. The first-order valence-corrected chi connectivity index (χ1v) is 6.91. The zero-order valence-corrected chi connectivity index (χ0v) is 11.3. The first-order valence-electron chi connectivity index (χ1n) is 6.91. The van der Waals surface area contributed by atoms with Crippen LogP contribution in [0.4, 0.5) is 0 Å². The van der Waals surface area contributed by atoms with Crippen LogP contribution in [0.25, 0.3) is 0 Å². The number of rotatable bonds is 9. The molecule has 16 heavy (non-hydrogen) atoms. The van der Waals surface area contributed by atoms with Crippen LogP contribution in [-0.4, -0.2) is 62.2 Å². The molecule has 1 aliphatic carbocycles. The van der Waals surface area contributed by atoms with E-state index in [1.165, 1.54) is 45.4 Å². The smallest absolute Gasteiger partial charge is 0.0107 e. The predicted octanol–water partition coefficient (Wildman–Crippen LogP) is 1.40. The van der Waals surface area contributed by atoms with Gasteiger partial charge in [-0.15, -0.1) is 0 Å². The van der Waals surface area contributed by atoms with E-state index in [0.717, 1.165) is 19.1 Å². The van der Waals surface area contributed by atoms with Gasteiger partial charge in [0.1, 0.15) is 0 Å². The van der Waals surface area contributed by atoms with Gasteiger partial charge in [0.25, 0.3) is 0 Å². The monoisotopic (exact) mass is 227 g/mol. The average Bonchev–Trinajstić information content (AvgIpc) is 2.21. The minimum Gasteiger partial charge on any atom is -0.314 e. The van der Waals surface area contributed by atoms with Crippen LogP contribution in [0.2, 0.25) is 0 Å². The number of nitrogens with zero attached hydrogens (tertiary/aromatic N) is 2. The molecule has 0 heterocycles. The summed E-state index contributed by atoms with van der Waals surface area (Å²) in [5.74, 6) is 0. The summed E-state index contributed by atoms with van der Waals surface area (Å²) in [6.45, 7) is 11.4. The van der Waals surface area contributed by atoms with Gasteiger partial charge in [-0.2, -0.15) is 0 Å². The van der Waals surface area contributed by atoms with Gasteiger partial charge in [0, 0.05) is 32.2 Å². The molecular weight excluding hydrogens is 198 g/mol. The summed E-state index contributed by atoms with van der Waals surface area (Å²) in [7, 11) is 2.26. The zero-order valence-electron chi connectivity index (χ0n) is 11.3. The standard InChI is InChI=1S/C13H29N3/c1-4-16(5-2)12-10-14-9-11-15(3)13-7-6-8-13/h13-14H,4-12H2,1-3H3. The molecule has 96 valence electrons. The van der Waals surface area contributed by atoms with E-state index in [4.69, 9.17) is 0 Å². The van der Waals surface area contributed by atoms with Crippen molar-refractivity contribution in [3.8, 4) is 0 Å². The largest absolute Gasteiger partial charge is 0.314 e. The summed E-state index contributed by atoms with van der Waals surface area (Å²) in [5, 5.41) is 3.54. The van der Waals surface area contributed by atoms with Crippen molar-refractivity contribution in [3.63, 3.8) is 0 Å². The Morgan fingerprint density at radius 1 is 1.06 bits per heavy atom. The van der Waals surface area contributed by atoms with Crippen LogP contribution in [0.5, 0.6) is 0 Å². The highest BCUT2D eigenvalue weighted by molar-refractivity contribution is 4.77. The minimum atomic E-state index is 0.879. The first-order chi connectivity index (χ1) is 7.77. The van der Waals surface area contributed by atoms with Crippen LogP contribution in [0.15, 0.2) is 0 Å². The fraction of sp³-hybridized carbons (Fsp3) is 1.00. The lowest BCUT2D eigenvalue weighted by atomic mass is 9.92. The topological polar surface area (TPSA) is 18.5 Å². The Morgan fingerprint density at radius 2 is 1.69 bits per heavy atom. The molecule has 0 aliphatic heterocycles. The fourth-order valence-electron chi connectivity index (χ4n) is 2.17. The Kier molecular flexibility index (Phi) is 7.01. The van der Waals surface area contributed by atoms with E-state index in [9.17, 15) is 0 Å². The summed E-state index contributed by atoms with van der Waals surface area (Å²) < 4.78 is 0. The molecule has 0 aromatic carbocycles. The molecule has 1 N–H and O–H groups in total. The molecule has 0 radical (unpaired) electrons. The van der Waals surface area contributed by atoms with Crippen LogP contribution >= 0.6 is 0 Å². The van der Waals surface area contributed by atoms with Gasteiger partial charge in [0.2, 0.25) is 0 Å². The lowest BCUT2D eigenvalue weighted by molar-refractivity contribution is 0.160. The number of hydrogen-bond acceptors (Lipinski definition) is 3. The molecule has 3 heteroatoms. The highest BCUT2D eigenvalue weighted by atomic mass is 15.2. The molecule has 0 spiro atoms. The molecule has 1 aliphatic rings. The Hall–Kier alpha value is -0.120. The van der Waals surface area contributed by atoms with Crippen molar-refractivity contribution >= 4 is 0 Å². The third-order valence-corrected chi connectivity index (χ3v) is 3.84. The molecule has 0 bridgehead atoms. The quantitative estimate of drug-likeness (QED) is 0.601. The van der Waals surface area contributed by atoms with E-state index in [1.807, 2.05) is 0 Å². The van der Waals surface area contributed by atoms with Crippen LogP contribution in [0, 0.1) is 0 Å². The van der Waals surface area contributed by atoms with Crippen molar-refractivity contribution in [2.45, 2.75) is 39.2 Å². The van der Waals surface area contributed by atoms with Gasteiger partial charge >= 0.3 is 0 Å². The number of hydrogen-bond donors (Lipinski definition) is 1. The van der Waals surface area contributed by atoms with Crippen molar-refractivity contribution in [3.05, 3.63) is 0 Å². The second-order valence-electron chi connectivity index (χ2n) is 4.84. The Labute approximate surface area is 101 Å². The summed E-state index contributed by atoms with van der Waals surface area (Å²) in [6.07, 6.45) is 4.26. The Morgan fingerprint density at radius 3 is 2.19 bits per heavy atom. The molecule has 3 nitrogen and oxygen atoms in total. The summed E-state index contributed by atoms with van der Waals surface area (Å²) in [6, 6.07) is 0.879. The van der Waals surface area contributed by atoms with Gasteiger partial charge in [-0.05, 0) is 33.0 Å². The normalized spacial score (nSPS) is 17.1. The number of nitrogens with one attached hydrogen (secondary N) is 1. The molecular formula is C13H29N3. The zero-order chi connectivity index (χ0) is 11.8. The van der Waals surface area contributed by atoms with Gasteiger partial charge in [0.05, 0.1) is 0 Å². The molecule has 0 saturated heterocycles. The highest BCUT2D eigenvalue weighted by Crippen LogP contribution is 2.22. The second-order valence-corrected chi connectivity index (χ2v) is 4.84. The van der Waals surface area contributed by atoms with E-state index in [-0.39, 0.29) is 0 Å². The van der Waals surface area contributed by atoms with Crippen molar-refractivity contribution in [1.82, 2.24) is 15.1 Å². The van der Waals surface area contributed by atoms with Gasteiger partial charge in [-0.3, -0.25) is 0 Å². The van der Waals surface area contributed by atoms with Gasteiger partial charge in [-0.1, -0.05) is 20.3 Å². The highest BCUT2D eigenvalue weighted by Gasteiger charge is 2.20. The SMILES string of the molecule is CCN(CC)CCNCCN(C)C1CCC1. The first kappa shape index (κ1) is 13.9. The maximum absolute atomic E-state index is 3.54. The van der Waals surface area contributed by atoms with Crippen LogP contribution in [-0.2, 0) is 0 Å². The number of likely N-dealkylation sites (N-methyl/N-ethyl adjacent to an activating group) is 2. The van der Waals surface area contributed by atoms with Crippen molar-refractivity contribution in [2.75, 3.05) is 46.3 Å². The van der Waals surface area contributed by atoms with Gasteiger partial charge < -0.3 is 15.1 Å². The summed E-state index contributed by atoms with van der Waals surface area (Å²) in [5.41, 5.74) is 0.